The predicted molar refractivity (Wildman–Crippen MR) is 76.9 cm³/mol. The number of unbranched alkanes of at least 4 members (excludes halogenated alkanes) is 3. The summed E-state index contributed by atoms with van der Waals surface area (Å²) in [6.07, 6.45) is 3.32. The fourth-order valence-electron chi connectivity index (χ4n) is 1.56. The zero-order valence-electron chi connectivity index (χ0n) is 13.2. The van der Waals surface area contributed by atoms with Gasteiger partial charge in [-0.3, -0.25) is 14.4 Å². The minimum atomic E-state index is -0.556. The van der Waals surface area contributed by atoms with Crippen LogP contribution in [0.4, 0.5) is 0 Å². The molecular formula is C15H24O7. The molecule has 0 aromatic heterocycles. The summed E-state index contributed by atoms with van der Waals surface area (Å²) in [5.74, 6) is -1.56. The molecular weight excluding hydrogens is 292 g/mol. The number of rotatable bonds is 12. The first-order valence-electron chi connectivity index (χ1n) is 7.42. The lowest BCUT2D eigenvalue weighted by Crippen LogP contribution is -2.16. The molecule has 0 aliphatic rings. The number of ketones is 1. The van der Waals surface area contributed by atoms with Gasteiger partial charge in [-0.1, -0.05) is 12.8 Å². The first-order chi connectivity index (χ1) is 10.5. The van der Waals surface area contributed by atoms with Crippen molar-refractivity contribution in [1.29, 1.82) is 0 Å². The third-order valence-corrected chi connectivity index (χ3v) is 2.60. The van der Waals surface area contributed by atoms with Crippen molar-refractivity contribution in [3.63, 3.8) is 0 Å². The Kier molecular flexibility index (Phi) is 11.7. The van der Waals surface area contributed by atoms with Crippen molar-refractivity contribution in [1.82, 2.24) is 0 Å². The molecule has 0 aliphatic heterocycles. The van der Waals surface area contributed by atoms with Crippen molar-refractivity contribution in [2.24, 2.45) is 0 Å². The molecule has 0 fully saturated rings. The topological polar surface area (TPSA) is 96.0 Å². The van der Waals surface area contributed by atoms with E-state index in [0.717, 1.165) is 12.8 Å². The Morgan fingerprint density at radius 1 is 0.682 bits per heavy atom. The summed E-state index contributed by atoms with van der Waals surface area (Å²) in [6, 6.07) is 0. The van der Waals surface area contributed by atoms with Gasteiger partial charge in [0.25, 0.3) is 0 Å². The van der Waals surface area contributed by atoms with E-state index in [0.29, 0.717) is 12.8 Å². The minimum absolute atomic E-state index is 0.175. The highest BCUT2D eigenvalue weighted by Crippen LogP contribution is 2.07. The Morgan fingerprint density at radius 2 is 1.18 bits per heavy atom. The van der Waals surface area contributed by atoms with Gasteiger partial charge in [0.1, 0.15) is 6.61 Å². The molecule has 0 spiro atoms. The Hall–Kier alpha value is -1.92. The molecule has 0 bridgehead atoms. The van der Waals surface area contributed by atoms with Crippen LogP contribution >= 0.6 is 0 Å². The van der Waals surface area contributed by atoms with Crippen molar-refractivity contribution in [2.75, 3.05) is 19.8 Å². The summed E-state index contributed by atoms with van der Waals surface area (Å²) in [7, 11) is 0. The minimum Gasteiger partial charge on any atom is -0.463 e. The summed E-state index contributed by atoms with van der Waals surface area (Å²) in [6.45, 7) is 2.76. The summed E-state index contributed by atoms with van der Waals surface area (Å²) in [5, 5.41) is 0. The Balaban J connectivity index is 3.45. The van der Waals surface area contributed by atoms with Crippen molar-refractivity contribution >= 4 is 23.7 Å². The number of ether oxygens (including phenoxy) is 3. The molecule has 0 N–H and O–H groups in total. The smallest absolute Gasteiger partial charge is 0.344 e. The van der Waals surface area contributed by atoms with Crippen molar-refractivity contribution in [3.8, 4) is 0 Å². The fourth-order valence-corrected chi connectivity index (χ4v) is 1.56. The number of esters is 3. The predicted octanol–water partition coefficient (Wildman–Crippen LogP) is 1.57. The second-order valence-electron chi connectivity index (χ2n) is 4.74. The van der Waals surface area contributed by atoms with E-state index in [1.165, 1.54) is 6.92 Å². The van der Waals surface area contributed by atoms with Crippen LogP contribution < -0.4 is 0 Å². The molecule has 0 saturated carbocycles. The van der Waals surface area contributed by atoms with E-state index in [9.17, 15) is 19.2 Å². The first-order valence-corrected chi connectivity index (χ1v) is 7.42. The lowest BCUT2D eigenvalue weighted by molar-refractivity contribution is -0.158. The molecule has 126 valence electrons. The van der Waals surface area contributed by atoms with Gasteiger partial charge < -0.3 is 14.2 Å². The molecule has 0 radical (unpaired) electrons. The van der Waals surface area contributed by atoms with Crippen LogP contribution in [0, 0.1) is 0 Å². The Morgan fingerprint density at radius 3 is 1.64 bits per heavy atom. The quantitative estimate of drug-likeness (QED) is 0.306. The van der Waals surface area contributed by atoms with Gasteiger partial charge in [-0.2, -0.15) is 0 Å². The maximum Gasteiger partial charge on any atom is 0.344 e. The molecule has 0 aromatic rings. The van der Waals surface area contributed by atoms with E-state index in [1.807, 2.05) is 0 Å². The fraction of sp³-hybridized carbons (Fsp3) is 0.733. The lowest BCUT2D eigenvalue weighted by atomic mass is 10.1. The molecule has 0 amide bonds. The third kappa shape index (κ3) is 13.1. The Bertz CT molecular complexity index is 376. The van der Waals surface area contributed by atoms with Crippen LogP contribution in [0.25, 0.3) is 0 Å². The van der Waals surface area contributed by atoms with E-state index in [-0.39, 0.29) is 44.4 Å². The summed E-state index contributed by atoms with van der Waals surface area (Å²) < 4.78 is 14.1. The lowest BCUT2D eigenvalue weighted by Gasteiger charge is -2.05. The highest BCUT2D eigenvalue weighted by Gasteiger charge is 2.08. The van der Waals surface area contributed by atoms with Gasteiger partial charge in [-0.05, 0) is 26.7 Å². The number of carbonyl (C=O) groups is 4. The van der Waals surface area contributed by atoms with Crippen molar-refractivity contribution in [2.45, 2.75) is 52.4 Å². The normalized spacial score (nSPS) is 9.91. The van der Waals surface area contributed by atoms with Crippen LogP contribution in [0.5, 0.6) is 0 Å². The van der Waals surface area contributed by atoms with Crippen LogP contribution in [0.15, 0.2) is 0 Å². The summed E-state index contributed by atoms with van der Waals surface area (Å²) in [5.41, 5.74) is 0. The van der Waals surface area contributed by atoms with E-state index in [2.05, 4.69) is 4.74 Å². The number of carbonyl (C=O) groups excluding carboxylic acids is 4. The molecule has 0 aromatic carbocycles. The second-order valence-corrected chi connectivity index (χ2v) is 4.74. The number of hydrogen-bond acceptors (Lipinski definition) is 7. The first kappa shape index (κ1) is 20.1. The van der Waals surface area contributed by atoms with Crippen LogP contribution in [-0.2, 0) is 33.4 Å². The second kappa shape index (κ2) is 12.8. The van der Waals surface area contributed by atoms with Crippen molar-refractivity contribution < 1.29 is 33.4 Å². The monoisotopic (exact) mass is 316 g/mol. The van der Waals surface area contributed by atoms with E-state index < -0.39 is 11.9 Å². The Labute approximate surface area is 130 Å². The van der Waals surface area contributed by atoms with Gasteiger partial charge in [-0.25, -0.2) is 4.79 Å². The number of Topliss-reactive ketones (excluding diaryl/α,β-unsaturated/α-hetero) is 1. The molecule has 0 unspecified atom stereocenters. The summed E-state index contributed by atoms with van der Waals surface area (Å²) >= 11 is 0. The third-order valence-electron chi connectivity index (χ3n) is 2.60. The van der Waals surface area contributed by atoms with Crippen LogP contribution in [0.1, 0.15) is 52.4 Å². The molecule has 0 rings (SSSR count). The SMILES string of the molecule is CCOC(=O)COC(=O)CCCCCCC(=O)OCC(C)=O. The molecule has 0 saturated heterocycles. The largest absolute Gasteiger partial charge is 0.463 e. The van der Waals surface area contributed by atoms with E-state index >= 15 is 0 Å². The zero-order chi connectivity index (χ0) is 16.8. The summed E-state index contributed by atoms with van der Waals surface area (Å²) in [4.78, 5) is 44.1. The molecule has 7 nitrogen and oxygen atoms in total. The highest BCUT2D eigenvalue weighted by molar-refractivity contribution is 5.80. The average molecular weight is 316 g/mol. The maximum atomic E-state index is 11.3. The van der Waals surface area contributed by atoms with Gasteiger partial charge >= 0.3 is 17.9 Å². The van der Waals surface area contributed by atoms with Gasteiger partial charge in [0.05, 0.1) is 6.61 Å². The highest BCUT2D eigenvalue weighted by atomic mass is 16.6. The molecule has 7 heteroatoms. The number of hydrogen-bond donors (Lipinski definition) is 0. The van der Waals surface area contributed by atoms with Crippen molar-refractivity contribution in [3.05, 3.63) is 0 Å². The molecule has 0 atom stereocenters. The molecule has 22 heavy (non-hydrogen) atoms. The zero-order valence-corrected chi connectivity index (χ0v) is 13.2. The molecule has 0 heterocycles. The van der Waals surface area contributed by atoms with E-state index in [1.54, 1.807) is 6.92 Å². The average Bonchev–Trinajstić information content (AvgIpc) is 2.46. The van der Waals surface area contributed by atoms with Gasteiger partial charge in [-0.15, -0.1) is 0 Å². The van der Waals surface area contributed by atoms with Gasteiger partial charge in [0, 0.05) is 12.8 Å². The van der Waals surface area contributed by atoms with Crippen LogP contribution in [-0.4, -0.2) is 43.5 Å². The maximum absolute atomic E-state index is 11.3. The van der Waals surface area contributed by atoms with E-state index in [4.69, 9.17) is 9.47 Å². The standard InChI is InChI=1S/C15H24O7/c1-3-20-15(19)11-22-14(18)9-7-5-4-6-8-13(17)21-10-12(2)16/h3-11H2,1-2H3. The molecule has 0 aliphatic carbocycles. The van der Waals surface area contributed by atoms with Gasteiger partial charge in [0.15, 0.2) is 12.4 Å². The van der Waals surface area contributed by atoms with Gasteiger partial charge in [0.2, 0.25) is 0 Å². The van der Waals surface area contributed by atoms with Crippen LogP contribution in [0.2, 0.25) is 0 Å². The van der Waals surface area contributed by atoms with Crippen LogP contribution in [0.3, 0.4) is 0 Å².